The van der Waals surface area contributed by atoms with Gasteiger partial charge in [-0.25, -0.2) is 0 Å². The number of rotatable bonds is 2. The Morgan fingerprint density at radius 1 is 1.47 bits per heavy atom. The van der Waals surface area contributed by atoms with Crippen LogP contribution in [0.5, 0.6) is 11.5 Å². The van der Waals surface area contributed by atoms with Gasteiger partial charge in [0.25, 0.3) is 0 Å². The van der Waals surface area contributed by atoms with E-state index < -0.39 is 0 Å². The quantitative estimate of drug-likeness (QED) is 0.835. The fourth-order valence-corrected chi connectivity index (χ4v) is 2.33. The number of fused-ring (bicyclic) bond motifs is 1. The van der Waals surface area contributed by atoms with Crippen molar-refractivity contribution < 1.29 is 9.47 Å². The van der Waals surface area contributed by atoms with Crippen LogP contribution in [0.3, 0.4) is 0 Å². The molecule has 0 saturated carbocycles. The first kappa shape index (κ1) is 10.7. The van der Waals surface area contributed by atoms with Crippen molar-refractivity contribution in [1.82, 2.24) is 5.32 Å². The van der Waals surface area contributed by atoms with Gasteiger partial charge in [-0.1, -0.05) is 0 Å². The van der Waals surface area contributed by atoms with Crippen LogP contribution in [0.4, 0.5) is 5.69 Å². The van der Waals surface area contributed by atoms with Gasteiger partial charge in [0.2, 0.25) is 0 Å². The molecule has 0 radical (unpaired) electrons. The maximum atomic E-state index is 5.94. The van der Waals surface area contributed by atoms with Gasteiger partial charge in [0.15, 0.2) is 0 Å². The van der Waals surface area contributed by atoms with Crippen LogP contribution >= 0.6 is 0 Å². The lowest BCUT2D eigenvalue weighted by atomic mass is 10.2. The Balaban J connectivity index is 1.79. The van der Waals surface area contributed by atoms with E-state index in [1.54, 1.807) is 0 Å². The topological polar surface area (TPSA) is 33.7 Å². The molecular formula is C13H18N2O2. The second kappa shape index (κ2) is 4.45. The first-order valence-electron chi connectivity index (χ1n) is 6.18. The molecular weight excluding hydrogens is 216 g/mol. The van der Waals surface area contributed by atoms with E-state index in [0.717, 1.165) is 49.8 Å². The smallest absolute Gasteiger partial charge is 0.142 e. The molecule has 1 aromatic rings. The van der Waals surface area contributed by atoms with Crippen molar-refractivity contribution in [2.45, 2.75) is 12.5 Å². The third-order valence-corrected chi connectivity index (χ3v) is 3.34. The summed E-state index contributed by atoms with van der Waals surface area (Å²) in [4.78, 5) is 2.21. The molecule has 1 atom stereocenters. The third kappa shape index (κ3) is 2.17. The number of hydrogen-bond donors (Lipinski definition) is 1. The summed E-state index contributed by atoms with van der Waals surface area (Å²) in [6.45, 7) is 3.69. The normalized spacial score (nSPS) is 23.1. The summed E-state index contributed by atoms with van der Waals surface area (Å²) >= 11 is 0. The van der Waals surface area contributed by atoms with Crippen molar-refractivity contribution in [1.29, 1.82) is 0 Å². The van der Waals surface area contributed by atoms with Crippen molar-refractivity contribution in [2.75, 3.05) is 38.2 Å². The first-order chi connectivity index (χ1) is 8.33. The number of nitrogens with zero attached hydrogens (tertiary/aromatic N) is 1. The Labute approximate surface area is 102 Å². The molecule has 0 aliphatic carbocycles. The van der Waals surface area contributed by atoms with Crippen LogP contribution < -0.4 is 19.7 Å². The molecule has 2 heterocycles. The number of likely N-dealkylation sites (N-methyl/N-ethyl adjacent to an activating group) is 1. The van der Waals surface area contributed by atoms with Gasteiger partial charge >= 0.3 is 0 Å². The van der Waals surface area contributed by atoms with Crippen LogP contribution in [0.15, 0.2) is 18.2 Å². The minimum Gasteiger partial charge on any atom is -0.490 e. The highest BCUT2D eigenvalue weighted by Gasteiger charge is 2.19. The summed E-state index contributed by atoms with van der Waals surface area (Å²) in [5.74, 6) is 1.89. The molecule has 0 amide bonds. The standard InChI is InChI=1S/C13H18N2O2/c1-15-6-7-16-13-3-2-10(8-12(13)15)17-11-4-5-14-9-11/h2-3,8,11,14H,4-7,9H2,1H3. The van der Waals surface area contributed by atoms with Crippen molar-refractivity contribution >= 4 is 5.69 Å². The number of anilines is 1. The Hall–Kier alpha value is -1.42. The summed E-state index contributed by atoms with van der Waals surface area (Å²) in [6, 6.07) is 6.08. The highest BCUT2D eigenvalue weighted by atomic mass is 16.5. The van der Waals surface area contributed by atoms with Crippen LogP contribution in [0.25, 0.3) is 0 Å². The highest BCUT2D eigenvalue weighted by Crippen LogP contribution is 2.34. The zero-order valence-electron chi connectivity index (χ0n) is 10.1. The number of hydrogen-bond acceptors (Lipinski definition) is 4. The number of ether oxygens (including phenoxy) is 2. The molecule has 1 saturated heterocycles. The summed E-state index contributed by atoms with van der Waals surface area (Å²) in [5.41, 5.74) is 1.12. The second-order valence-corrected chi connectivity index (χ2v) is 4.63. The summed E-state index contributed by atoms with van der Waals surface area (Å²) in [7, 11) is 2.09. The van der Waals surface area contributed by atoms with Crippen molar-refractivity contribution in [3.63, 3.8) is 0 Å². The van der Waals surface area contributed by atoms with Gasteiger partial charge in [-0.2, -0.15) is 0 Å². The average molecular weight is 234 g/mol. The van der Waals surface area contributed by atoms with E-state index >= 15 is 0 Å². The summed E-state index contributed by atoms with van der Waals surface area (Å²) in [6.07, 6.45) is 1.39. The monoisotopic (exact) mass is 234 g/mol. The van der Waals surface area contributed by atoms with E-state index in [-0.39, 0.29) is 0 Å². The van der Waals surface area contributed by atoms with Crippen LogP contribution in [-0.2, 0) is 0 Å². The maximum absolute atomic E-state index is 5.94. The molecule has 0 spiro atoms. The molecule has 1 N–H and O–H groups in total. The molecule has 4 heteroatoms. The van der Waals surface area contributed by atoms with Gasteiger partial charge in [0.05, 0.1) is 12.2 Å². The van der Waals surface area contributed by atoms with E-state index in [4.69, 9.17) is 9.47 Å². The average Bonchev–Trinajstić information content (AvgIpc) is 2.83. The van der Waals surface area contributed by atoms with Crippen LogP contribution in [0.2, 0.25) is 0 Å². The fourth-order valence-electron chi connectivity index (χ4n) is 2.33. The third-order valence-electron chi connectivity index (χ3n) is 3.34. The lowest BCUT2D eigenvalue weighted by Gasteiger charge is -2.28. The Kier molecular flexibility index (Phi) is 2.81. The van der Waals surface area contributed by atoms with Crippen LogP contribution in [0, 0.1) is 0 Å². The summed E-state index contributed by atoms with van der Waals surface area (Å²) in [5, 5.41) is 3.30. The summed E-state index contributed by atoms with van der Waals surface area (Å²) < 4.78 is 11.6. The number of benzene rings is 1. The predicted molar refractivity (Wildman–Crippen MR) is 67.1 cm³/mol. The molecule has 3 rings (SSSR count). The van der Waals surface area contributed by atoms with Gasteiger partial charge in [0.1, 0.15) is 24.2 Å². The molecule has 2 aliphatic rings. The predicted octanol–water partition coefficient (Wildman–Crippen LogP) is 1.26. The van der Waals surface area contributed by atoms with Gasteiger partial charge in [-0.3, -0.25) is 0 Å². The maximum Gasteiger partial charge on any atom is 0.142 e. The van der Waals surface area contributed by atoms with E-state index in [0.29, 0.717) is 6.10 Å². The van der Waals surface area contributed by atoms with Gasteiger partial charge < -0.3 is 19.7 Å². The van der Waals surface area contributed by atoms with Crippen LogP contribution in [0.1, 0.15) is 6.42 Å². The van der Waals surface area contributed by atoms with Crippen molar-refractivity contribution in [2.24, 2.45) is 0 Å². The highest BCUT2D eigenvalue weighted by molar-refractivity contribution is 5.62. The minimum absolute atomic E-state index is 0.308. The van der Waals surface area contributed by atoms with E-state index in [1.807, 2.05) is 12.1 Å². The minimum atomic E-state index is 0.308. The SMILES string of the molecule is CN1CCOc2ccc(OC3CCNC3)cc21. The molecule has 1 aromatic carbocycles. The van der Waals surface area contributed by atoms with Gasteiger partial charge in [-0.15, -0.1) is 0 Å². The van der Waals surface area contributed by atoms with Crippen molar-refractivity contribution in [3.05, 3.63) is 18.2 Å². The van der Waals surface area contributed by atoms with Crippen LogP contribution in [-0.4, -0.2) is 39.4 Å². The van der Waals surface area contributed by atoms with Gasteiger partial charge in [0, 0.05) is 19.7 Å². The van der Waals surface area contributed by atoms with E-state index in [9.17, 15) is 0 Å². The lowest BCUT2D eigenvalue weighted by molar-refractivity contribution is 0.222. The molecule has 1 fully saturated rings. The Morgan fingerprint density at radius 2 is 2.41 bits per heavy atom. The Morgan fingerprint density at radius 3 is 3.24 bits per heavy atom. The lowest BCUT2D eigenvalue weighted by Crippen LogP contribution is -2.28. The second-order valence-electron chi connectivity index (χ2n) is 4.63. The molecule has 0 bridgehead atoms. The zero-order chi connectivity index (χ0) is 11.7. The van der Waals surface area contributed by atoms with E-state index in [2.05, 4.69) is 23.3 Å². The van der Waals surface area contributed by atoms with Crippen molar-refractivity contribution in [3.8, 4) is 11.5 Å². The number of nitrogens with one attached hydrogen (secondary N) is 1. The van der Waals surface area contributed by atoms with Gasteiger partial charge in [-0.05, 0) is 25.1 Å². The molecule has 17 heavy (non-hydrogen) atoms. The fraction of sp³-hybridized carbons (Fsp3) is 0.538. The molecule has 1 unspecified atom stereocenters. The van der Waals surface area contributed by atoms with E-state index in [1.165, 1.54) is 0 Å². The molecule has 92 valence electrons. The largest absolute Gasteiger partial charge is 0.490 e. The molecule has 2 aliphatic heterocycles. The first-order valence-corrected chi connectivity index (χ1v) is 6.18. The Bertz CT molecular complexity index is 402. The molecule has 0 aromatic heterocycles. The zero-order valence-corrected chi connectivity index (χ0v) is 10.1. The molecule has 4 nitrogen and oxygen atoms in total.